The maximum atomic E-state index is 13.1. The molecule has 0 bridgehead atoms. The number of aryl methyl sites for hydroxylation is 11. The molecule has 2 N–H and O–H groups in total. The van der Waals surface area contributed by atoms with Gasteiger partial charge in [0.05, 0.1) is 52.9 Å². The quantitative estimate of drug-likeness (QED) is 0.0855. The summed E-state index contributed by atoms with van der Waals surface area (Å²) in [5, 5.41) is 0. The SMILES string of the molecule is COc1ccccc1S(=O)(=O)Nc1ccccc1.CS(C)(=O)=O.CS(C)(=O)=O.Cc1cc(C)c(S(=O)(=O)c2c(C)cc(C)cc2C)c(C)c1.Cc1ccc(S(=O)(=O)c2c(C)cc(C)cc2C)cc1.Cc1ccccc1S(=O)(=O)NC(C)C.O=S(=O)(Cc1ccccc1)Cc1ccccc1.O=S(=O)(c1ccccc1)c1ccccc1. The monoisotopic (exact) mass is 1700 g/mol. The molecule has 11 aromatic carbocycles. The minimum atomic E-state index is -3.63. The van der Waals surface area contributed by atoms with Crippen LogP contribution in [0, 0.1) is 76.2 Å². The van der Waals surface area contributed by atoms with Crippen molar-refractivity contribution < 1.29 is 72.1 Å². The molecule has 612 valence electrons. The zero-order valence-electron chi connectivity index (χ0n) is 67.5. The molecule has 0 saturated carbocycles. The van der Waals surface area contributed by atoms with E-state index in [4.69, 9.17) is 4.74 Å². The highest BCUT2D eigenvalue weighted by Gasteiger charge is 2.27. The Balaban J connectivity index is 0.000000282. The van der Waals surface area contributed by atoms with E-state index in [9.17, 15) is 67.3 Å². The molecule has 0 aromatic heterocycles. The fourth-order valence-corrected chi connectivity index (χ4v) is 20.9. The van der Waals surface area contributed by atoms with Gasteiger partial charge < -0.3 is 4.74 Å². The second kappa shape index (κ2) is 43.3. The van der Waals surface area contributed by atoms with Crippen molar-refractivity contribution in [2.24, 2.45) is 0 Å². The van der Waals surface area contributed by atoms with Crippen LogP contribution in [0.4, 0.5) is 5.69 Å². The summed E-state index contributed by atoms with van der Waals surface area (Å²) in [6.45, 7) is 24.4. The van der Waals surface area contributed by atoms with E-state index in [2.05, 4.69) is 9.44 Å². The van der Waals surface area contributed by atoms with Gasteiger partial charge in [0.1, 0.15) is 30.3 Å². The van der Waals surface area contributed by atoms with E-state index >= 15 is 0 Å². The first-order valence-electron chi connectivity index (χ1n) is 35.4. The van der Waals surface area contributed by atoms with Crippen molar-refractivity contribution >= 4 is 84.8 Å². The summed E-state index contributed by atoms with van der Waals surface area (Å²) in [7, 11) is -24.2. The number of benzene rings is 11. The number of para-hydroxylation sites is 2. The van der Waals surface area contributed by atoms with Gasteiger partial charge in [-0.3, -0.25) is 4.72 Å². The molecule has 11 rings (SSSR count). The maximum Gasteiger partial charge on any atom is 0.265 e. The third-order valence-corrected chi connectivity index (χ3v) is 26.7. The highest BCUT2D eigenvalue weighted by molar-refractivity contribution is 7.93. The topological polar surface area (TPSA) is 306 Å². The van der Waals surface area contributed by atoms with E-state index in [1.165, 1.54) is 13.2 Å². The Morgan fingerprint density at radius 2 is 0.588 bits per heavy atom. The van der Waals surface area contributed by atoms with Gasteiger partial charge in [-0.15, -0.1) is 0 Å². The molecular formula is C87H104N2O17S8. The van der Waals surface area contributed by atoms with Crippen LogP contribution in [0.1, 0.15) is 86.2 Å². The second-order valence-corrected chi connectivity index (χ2v) is 43.2. The Labute approximate surface area is 678 Å². The first kappa shape index (κ1) is 96.9. The van der Waals surface area contributed by atoms with E-state index in [0.717, 1.165) is 97.3 Å². The van der Waals surface area contributed by atoms with Crippen LogP contribution in [0.2, 0.25) is 0 Å². The molecule has 114 heavy (non-hydrogen) atoms. The summed E-state index contributed by atoms with van der Waals surface area (Å²) >= 11 is 0. The largest absolute Gasteiger partial charge is 0.495 e. The Bertz CT molecular complexity index is 5690. The van der Waals surface area contributed by atoms with Gasteiger partial charge in [-0.1, -0.05) is 216 Å². The molecule has 0 aliphatic carbocycles. The van der Waals surface area contributed by atoms with E-state index < -0.39 is 79.1 Å². The molecule has 0 amide bonds. The standard InChI is InChI=1S/C18H22O2S.C16H18O2S.C14H14O2S.C13H13NO3S.C12H10O2S.C10H15NO2S.2C2H6O2S/c1-11-7-13(3)17(14(4)8-11)21(19,20)18-15(5)9-12(2)10-16(18)6;1-11-5-7-15(8-6-11)19(17,18)16-13(3)9-12(2)10-14(16)4;15-17(16,11-13-7-3-1-4-8-13)12-14-9-5-2-6-10-14;1-17-12-9-5-6-10-13(12)18(15,16)14-11-7-3-2-4-8-11;13-15(14,11-7-3-1-4-8-11)12-9-5-2-6-10-12;1-8(2)11-14(12,13)10-7-5-4-6-9(10)3;2*1-5(2,3)4/h7-10H,1-6H3;5-10H,1-4H3;1-10H,11-12H2;2-10,14H,1H3;1-10H;4-8,11H,1-3H3;2*1-2H3. The fourth-order valence-electron chi connectivity index (χ4n) is 11.5. The number of hydrogen-bond donors (Lipinski definition) is 2. The predicted molar refractivity (Wildman–Crippen MR) is 460 cm³/mol. The highest BCUT2D eigenvalue weighted by Crippen LogP contribution is 2.34. The first-order chi connectivity index (χ1) is 52.9. The van der Waals surface area contributed by atoms with E-state index in [0.29, 0.717) is 45.7 Å². The molecule has 0 heterocycles. The predicted octanol–water partition coefficient (Wildman–Crippen LogP) is 16.9. The Kier molecular flexibility index (Phi) is 36.9. The summed E-state index contributed by atoms with van der Waals surface area (Å²) in [4.78, 5) is 2.82. The number of anilines is 1. The van der Waals surface area contributed by atoms with Crippen molar-refractivity contribution in [1.82, 2.24) is 4.72 Å². The van der Waals surface area contributed by atoms with Crippen molar-refractivity contribution in [1.29, 1.82) is 0 Å². The van der Waals surface area contributed by atoms with E-state index in [1.54, 1.807) is 154 Å². The Morgan fingerprint density at radius 3 is 0.921 bits per heavy atom. The summed E-state index contributed by atoms with van der Waals surface area (Å²) < 4.78 is 196. The average molecular weight is 1710 g/mol. The second-order valence-electron chi connectivity index (χ2n) is 27.6. The lowest BCUT2D eigenvalue weighted by atomic mass is 10.1. The van der Waals surface area contributed by atoms with E-state index in [1.807, 2.05) is 191 Å². The number of rotatable bonds is 17. The van der Waals surface area contributed by atoms with E-state index in [-0.39, 0.29) is 22.4 Å². The molecule has 0 unspecified atom stereocenters. The van der Waals surface area contributed by atoms with Gasteiger partial charge in [0.15, 0.2) is 9.84 Å². The first-order valence-corrected chi connectivity index (χ1v) is 49.3. The molecule has 0 radical (unpaired) electrons. The smallest absolute Gasteiger partial charge is 0.265 e. The summed E-state index contributed by atoms with van der Waals surface area (Å²) in [6.07, 6.45) is 4.64. The summed E-state index contributed by atoms with van der Waals surface area (Å²) in [5.74, 6) is 0.520. The number of methoxy groups -OCH3 is 1. The number of ether oxygens (including phenoxy) is 1. The molecule has 27 heteroatoms. The van der Waals surface area contributed by atoms with Crippen molar-refractivity contribution in [2.45, 2.75) is 147 Å². The Morgan fingerprint density at radius 1 is 0.298 bits per heavy atom. The third kappa shape index (κ3) is 32.5. The number of sulfonamides is 2. The molecule has 0 fully saturated rings. The molecule has 19 nitrogen and oxygen atoms in total. The van der Waals surface area contributed by atoms with Crippen LogP contribution in [0.25, 0.3) is 0 Å². The van der Waals surface area contributed by atoms with Gasteiger partial charge in [-0.25, -0.2) is 72.1 Å². The van der Waals surface area contributed by atoms with Crippen LogP contribution in [0.5, 0.6) is 5.75 Å². The normalized spacial score (nSPS) is 11.5. The van der Waals surface area contributed by atoms with Crippen molar-refractivity contribution in [2.75, 3.05) is 36.9 Å². The molecule has 0 spiro atoms. The Hall–Kier alpha value is -9.42. The van der Waals surface area contributed by atoms with Crippen LogP contribution in [-0.2, 0) is 90.6 Å². The van der Waals surface area contributed by atoms with Gasteiger partial charge >= 0.3 is 0 Å². The number of nitrogens with one attached hydrogen (secondary N) is 2. The fraction of sp³-hybridized carbons (Fsp3) is 0.241. The molecule has 0 aliphatic heterocycles. The maximum absolute atomic E-state index is 13.1. The van der Waals surface area contributed by atoms with Crippen LogP contribution in [0.3, 0.4) is 0 Å². The molecule has 0 atom stereocenters. The highest BCUT2D eigenvalue weighted by atomic mass is 32.2. The van der Waals surface area contributed by atoms with Crippen LogP contribution >= 0.6 is 0 Å². The van der Waals surface area contributed by atoms with Gasteiger partial charge in [0.25, 0.3) is 10.0 Å². The molecule has 11 aromatic rings. The lowest BCUT2D eigenvalue weighted by molar-refractivity contribution is 0.403. The van der Waals surface area contributed by atoms with Crippen molar-refractivity contribution in [3.63, 3.8) is 0 Å². The zero-order chi connectivity index (χ0) is 85.8. The minimum Gasteiger partial charge on any atom is -0.495 e. The number of hydrogen-bond acceptors (Lipinski definition) is 17. The number of sulfone groups is 6. The van der Waals surface area contributed by atoms with Gasteiger partial charge in [-0.2, -0.15) is 0 Å². The lowest BCUT2D eigenvalue weighted by Crippen LogP contribution is -2.30. The van der Waals surface area contributed by atoms with Crippen molar-refractivity contribution in [3.05, 3.63) is 333 Å². The van der Waals surface area contributed by atoms with Gasteiger partial charge in [-0.05, 0) is 207 Å². The van der Waals surface area contributed by atoms with Gasteiger partial charge in [0.2, 0.25) is 39.5 Å². The zero-order valence-corrected chi connectivity index (χ0v) is 74.1. The molecular weight excluding hydrogens is 1600 g/mol. The van der Waals surface area contributed by atoms with Gasteiger partial charge in [0, 0.05) is 36.8 Å². The van der Waals surface area contributed by atoms with Crippen LogP contribution < -0.4 is 14.2 Å². The minimum absolute atomic E-state index is 0.0837. The summed E-state index contributed by atoms with van der Waals surface area (Å²) in [6, 6.07) is 76.0. The van der Waals surface area contributed by atoms with Crippen LogP contribution in [-0.4, -0.2) is 106 Å². The third-order valence-electron chi connectivity index (χ3n) is 15.7. The molecule has 0 saturated heterocycles. The van der Waals surface area contributed by atoms with Crippen molar-refractivity contribution in [3.8, 4) is 5.75 Å². The van der Waals surface area contributed by atoms with Crippen LogP contribution in [0.15, 0.2) is 300 Å². The molecule has 0 aliphatic rings. The average Bonchev–Trinajstić information content (AvgIpc) is 0.765. The summed E-state index contributed by atoms with van der Waals surface area (Å²) in [5.41, 5.74) is 12.1. The lowest BCUT2D eigenvalue weighted by Gasteiger charge is -2.16.